The van der Waals surface area contributed by atoms with Gasteiger partial charge in [-0.15, -0.1) is 5.10 Å². The van der Waals surface area contributed by atoms with Crippen LogP contribution in [0.1, 0.15) is 10.4 Å². The highest BCUT2D eigenvalue weighted by Gasteiger charge is 2.23. The second-order valence-corrected chi connectivity index (χ2v) is 6.01. The van der Waals surface area contributed by atoms with Crippen LogP contribution in [0.25, 0.3) is 0 Å². The molecule has 1 N–H and O–H groups in total. The lowest BCUT2D eigenvalue weighted by molar-refractivity contribution is 0.112. The zero-order valence-electron chi connectivity index (χ0n) is 9.74. The first-order chi connectivity index (χ1) is 8.94. The van der Waals surface area contributed by atoms with Gasteiger partial charge in [0.15, 0.2) is 4.60 Å². The number of anilines is 1. The second-order valence-electron chi connectivity index (χ2n) is 3.66. The van der Waals surface area contributed by atoms with Crippen LogP contribution >= 0.6 is 15.9 Å². The van der Waals surface area contributed by atoms with Crippen LogP contribution in [0.2, 0.25) is 0 Å². The summed E-state index contributed by atoms with van der Waals surface area (Å²) in [5.41, 5.74) is 0.667. The van der Waals surface area contributed by atoms with Crippen LogP contribution in [0, 0.1) is 0 Å². The summed E-state index contributed by atoms with van der Waals surface area (Å²) < 4.78 is 28.0. The van der Waals surface area contributed by atoms with Crippen molar-refractivity contribution in [3.8, 4) is 0 Å². The quantitative estimate of drug-likeness (QED) is 0.840. The molecular weight excluding hydrogens is 336 g/mol. The van der Waals surface area contributed by atoms with Crippen molar-refractivity contribution < 1.29 is 13.2 Å². The highest BCUT2D eigenvalue weighted by molar-refractivity contribution is 9.10. The SMILES string of the molecule is Cn1nnc(Br)c1S(=O)(=O)Nc1cccc(C=O)c1. The number of aldehydes is 1. The van der Waals surface area contributed by atoms with E-state index in [1.807, 2.05) is 0 Å². The third-order valence-electron chi connectivity index (χ3n) is 2.27. The Balaban J connectivity index is 2.39. The highest BCUT2D eigenvalue weighted by Crippen LogP contribution is 2.21. The van der Waals surface area contributed by atoms with Gasteiger partial charge >= 0.3 is 0 Å². The van der Waals surface area contributed by atoms with E-state index in [0.717, 1.165) is 4.68 Å². The standard InChI is InChI=1S/C10H9BrN4O3S/c1-15-10(9(11)12-14-15)19(17,18)13-8-4-2-3-7(5-8)6-16/h2-6,13H,1H3. The van der Waals surface area contributed by atoms with Crippen molar-refractivity contribution in [1.29, 1.82) is 0 Å². The second kappa shape index (κ2) is 5.10. The van der Waals surface area contributed by atoms with E-state index in [-0.39, 0.29) is 15.3 Å². The first-order valence-electron chi connectivity index (χ1n) is 5.07. The van der Waals surface area contributed by atoms with Crippen LogP contribution in [0.4, 0.5) is 5.69 Å². The van der Waals surface area contributed by atoms with Crippen molar-refractivity contribution >= 4 is 37.9 Å². The first-order valence-corrected chi connectivity index (χ1v) is 7.35. The van der Waals surface area contributed by atoms with E-state index in [4.69, 9.17) is 0 Å². The number of rotatable bonds is 4. The largest absolute Gasteiger partial charge is 0.298 e. The van der Waals surface area contributed by atoms with Crippen molar-refractivity contribution in [3.63, 3.8) is 0 Å². The molecule has 1 aromatic heterocycles. The molecule has 0 spiro atoms. The zero-order valence-corrected chi connectivity index (χ0v) is 12.1. The number of sulfonamides is 1. The summed E-state index contributed by atoms with van der Waals surface area (Å²) in [6.45, 7) is 0. The molecule has 0 unspecified atom stereocenters. The highest BCUT2D eigenvalue weighted by atomic mass is 79.9. The summed E-state index contributed by atoms with van der Waals surface area (Å²) in [4.78, 5) is 10.7. The number of carbonyl (C=O) groups is 1. The van der Waals surface area contributed by atoms with Crippen LogP contribution in [0.15, 0.2) is 33.9 Å². The van der Waals surface area contributed by atoms with Crippen molar-refractivity contribution in [2.45, 2.75) is 5.03 Å². The number of aromatic nitrogens is 3. The molecule has 7 nitrogen and oxygen atoms in total. The van der Waals surface area contributed by atoms with Crippen molar-refractivity contribution in [3.05, 3.63) is 34.4 Å². The molecule has 0 bridgehead atoms. The molecule has 9 heteroatoms. The predicted octanol–water partition coefficient (Wildman–Crippen LogP) is 1.19. The summed E-state index contributed by atoms with van der Waals surface area (Å²) in [5.74, 6) is 0. The van der Waals surface area contributed by atoms with Crippen LogP contribution in [0.5, 0.6) is 0 Å². The Bertz CT molecular complexity index is 707. The molecule has 0 atom stereocenters. The molecule has 0 radical (unpaired) electrons. The summed E-state index contributed by atoms with van der Waals surface area (Å²) in [5, 5.41) is 7.12. The number of nitrogens with zero attached hydrogens (tertiary/aromatic N) is 3. The lowest BCUT2D eigenvalue weighted by atomic mass is 10.2. The lowest BCUT2D eigenvalue weighted by Gasteiger charge is -2.08. The maximum atomic E-state index is 12.2. The van der Waals surface area contributed by atoms with Crippen LogP contribution in [-0.4, -0.2) is 29.7 Å². The van der Waals surface area contributed by atoms with E-state index in [9.17, 15) is 13.2 Å². The van der Waals surface area contributed by atoms with Crippen molar-refractivity contribution in [2.75, 3.05) is 4.72 Å². The molecule has 0 saturated heterocycles. The predicted molar refractivity (Wildman–Crippen MR) is 71.3 cm³/mol. The Hall–Kier alpha value is -1.74. The van der Waals surface area contributed by atoms with Gasteiger partial charge in [-0.2, -0.15) is 8.42 Å². The smallest absolute Gasteiger partial charge is 0.281 e. The maximum Gasteiger partial charge on any atom is 0.281 e. The Morgan fingerprint density at radius 3 is 2.74 bits per heavy atom. The van der Waals surface area contributed by atoms with Crippen LogP contribution in [-0.2, 0) is 17.1 Å². The Morgan fingerprint density at radius 1 is 1.42 bits per heavy atom. The van der Waals surface area contributed by atoms with Crippen LogP contribution < -0.4 is 4.72 Å². The van der Waals surface area contributed by atoms with E-state index in [2.05, 4.69) is 31.0 Å². The van der Waals surface area contributed by atoms with E-state index in [1.165, 1.54) is 13.1 Å². The molecule has 0 aliphatic heterocycles. The van der Waals surface area contributed by atoms with Gasteiger partial charge in [0, 0.05) is 18.3 Å². The molecule has 19 heavy (non-hydrogen) atoms. The summed E-state index contributed by atoms with van der Waals surface area (Å²) in [6, 6.07) is 6.13. The maximum absolute atomic E-state index is 12.2. The van der Waals surface area contributed by atoms with Gasteiger partial charge in [0.05, 0.1) is 0 Å². The number of aryl methyl sites for hydroxylation is 1. The van der Waals surface area contributed by atoms with Crippen molar-refractivity contribution in [1.82, 2.24) is 15.0 Å². The third-order valence-corrected chi connectivity index (χ3v) is 4.53. The molecule has 2 aromatic rings. The van der Waals surface area contributed by atoms with Gasteiger partial charge in [-0.3, -0.25) is 9.52 Å². The van der Waals surface area contributed by atoms with E-state index >= 15 is 0 Å². The minimum Gasteiger partial charge on any atom is -0.298 e. The van der Waals surface area contributed by atoms with Crippen LogP contribution in [0.3, 0.4) is 0 Å². The minimum absolute atomic E-state index is 0.0935. The Labute approximate surface area is 117 Å². The monoisotopic (exact) mass is 344 g/mol. The number of nitrogens with one attached hydrogen (secondary N) is 1. The number of hydrogen-bond donors (Lipinski definition) is 1. The molecule has 0 saturated carbocycles. The average molecular weight is 345 g/mol. The number of carbonyl (C=O) groups excluding carboxylic acids is 1. The van der Waals surface area contributed by atoms with Gasteiger partial charge in [0.2, 0.25) is 5.03 Å². The van der Waals surface area contributed by atoms with Gasteiger partial charge in [0.1, 0.15) is 6.29 Å². The average Bonchev–Trinajstić information content (AvgIpc) is 2.69. The summed E-state index contributed by atoms with van der Waals surface area (Å²) in [6.07, 6.45) is 0.638. The van der Waals surface area contributed by atoms with Gasteiger partial charge in [-0.25, -0.2) is 4.68 Å². The zero-order chi connectivity index (χ0) is 14.0. The topological polar surface area (TPSA) is 93.9 Å². The van der Waals surface area contributed by atoms with Crippen molar-refractivity contribution in [2.24, 2.45) is 7.05 Å². The molecule has 2 rings (SSSR count). The van der Waals surface area contributed by atoms with Gasteiger partial charge in [0.25, 0.3) is 10.0 Å². The fourth-order valence-corrected chi connectivity index (χ4v) is 3.63. The molecule has 1 aromatic carbocycles. The Morgan fingerprint density at radius 2 is 2.16 bits per heavy atom. The fourth-order valence-electron chi connectivity index (χ4n) is 1.49. The van der Waals surface area contributed by atoms with Gasteiger partial charge in [-0.05, 0) is 28.1 Å². The normalized spacial score (nSPS) is 11.3. The Kier molecular flexibility index (Phi) is 3.67. The lowest BCUT2D eigenvalue weighted by Crippen LogP contribution is -2.17. The number of hydrogen-bond acceptors (Lipinski definition) is 5. The van der Waals surface area contributed by atoms with E-state index in [0.29, 0.717) is 11.8 Å². The molecule has 0 aliphatic carbocycles. The fraction of sp³-hybridized carbons (Fsp3) is 0.100. The molecular formula is C10H9BrN4O3S. The van der Waals surface area contributed by atoms with Gasteiger partial charge in [-0.1, -0.05) is 17.3 Å². The van der Waals surface area contributed by atoms with Gasteiger partial charge < -0.3 is 0 Å². The molecule has 0 amide bonds. The summed E-state index contributed by atoms with van der Waals surface area (Å²) >= 11 is 3.02. The summed E-state index contributed by atoms with van der Waals surface area (Å²) in [7, 11) is -2.36. The number of halogens is 1. The third kappa shape index (κ3) is 2.82. The number of benzene rings is 1. The molecule has 1 heterocycles. The molecule has 100 valence electrons. The van der Waals surface area contributed by atoms with E-state index in [1.54, 1.807) is 18.2 Å². The molecule has 0 fully saturated rings. The minimum atomic E-state index is -3.83. The molecule has 0 aliphatic rings. The van der Waals surface area contributed by atoms with E-state index < -0.39 is 10.0 Å². The first kappa shape index (κ1) is 13.7.